The van der Waals surface area contributed by atoms with Crippen LogP contribution >= 0.6 is 0 Å². The highest BCUT2D eigenvalue weighted by Gasteiger charge is 2.31. The molecule has 0 aromatic carbocycles. The molecule has 2 N–H and O–H groups in total. The van der Waals surface area contributed by atoms with Gasteiger partial charge in [-0.05, 0) is 46.0 Å². The molecule has 20 heavy (non-hydrogen) atoms. The number of nitrogens with two attached hydrogens (primary N) is 1. The van der Waals surface area contributed by atoms with Gasteiger partial charge in [0.15, 0.2) is 0 Å². The van der Waals surface area contributed by atoms with E-state index in [1.165, 1.54) is 0 Å². The van der Waals surface area contributed by atoms with Crippen molar-refractivity contribution in [1.29, 1.82) is 0 Å². The van der Waals surface area contributed by atoms with E-state index in [2.05, 4.69) is 0 Å². The van der Waals surface area contributed by atoms with E-state index in [1.54, 1.807) is 4.31 Å². The lowest BCUT2D eigenvalue weighted by Crippen LogP contribution is -2.46. The molecule has 0 saturated heterocycles. The van der Waals surface area contributed by atoms with Gasteiger partial charge < -0.3 is 10.5 Å². The van der Waals surface area contributed by atoms with Crippen molar-refractivity contribution in [2.45, 2.75) is 71.1 Å². The van der Waals surface area contributed by atoms with Gasteiger partial charge in [-0.15, -0.1) is 0 Å². The summed E-state index contributed by atoms with van der Waals surface area (Å²) in [5, 5.41) is 0. The van der Waals surface area contributed by atoms with Gasteiger partial charge in [-0.3, -0.25) is 0 Å². The molecule has 5 nitrogen and oxygen atoms in total. The fourth-order valence-electron chi connectivity index (χ4n) is 2.67. The average Bonchev–Trinajstić information content (AvgIpc) is 2.36. The third-order valence-corrected chi connectivity index (χ3v) is 5.62. The first-order valence-corrected chi connectivity index (χ1v) is 9.34. The summed E-state index contributed by atoms with van der Waals surface area (Å²) in [5.41, 5.74) is 5.91. The van der Waals surface area contributed by atoms with E-state index in [4.69, 9.17) is 10.5 Å². The van der Waals surface area contributed by atoms with Gasteiger partial charge in [-0.25, -0.2) is 8.42 Å². The first-order chi connectivity index (χ1) is 9.36. The SMILES string of the molecule is CCCN(C1CCC(N)CC1)S(=O)(=O)CCOC(C)C. The summed E-state index contributed by atoms with van der Waals surface area (Å²) in [6.07, 6.45) is 4.51. The predicted molar refractivity (Wildman–Crippen MR) is 82.1 cm³/mol. The minimum atomic E-state index is -3.23. The molecule has 0 atom stereocenters. The molecule has 0 aromatic heterocycles. The van der Waals surface area contributed by atoms with Gasteiger partial charge in [-0.2, -0.15) is 4.31 Å². The zero-order valence-electron chi connectivity index (χ0n) is 13.0. The molecule has 6 heteroatoms. The quantitative estimate of drug-likeness (QED) is 0.741. The average molecular weight is 306 g/mol. The van der Waals surface area contributed by atoms with Crippen LogP contribution in [0.15, 0.2) is 0 Å². The molecule has 120 valence electrons. The van der Waals surface area contributed by atoms with Crippen LogP contribution in [0.1, 0.15) is 52.9 Å². The van der Waals surface area contributed by atoms with Crippen molar-refractivity contribution in [3.05, 3.63) is 0 Å². The summed E-state index contributed by atoms with van der Waals surface area (Å²) in [6.45, 7) is 6.72. The lowest BCUT2D eigenvalue weighted by molar-refractivity contribution is 0.0902. The van der Waals surface area contributed by atoms with E-state index < -0.39 is 10.0 Å². The van der Waals surface area contributed by atoms with Crippen LogP contribution in [0.2, 0.25) is 0 Å². The molecule has 1 fully saturated rings. The second-order valence-electron chi connectivity index (χ2n) is 5.91. The highest BCUT2D eigenvalue weighted by atomic mass is 32.2. The molecular formula is C14H30N2O3S. The topological polar surface area (TPSA) is 72.6 Å². The molecule has 1 rings (SSSR count). The number of sulfonamides is 1. The molecule has 0 bridgehead atoms. The van der Waals surface area contributed by atoms with Crippen molar-refractivity contribution >= 4 is 10.0 Å². The minimum Gasteiger partial charge on any atom is -0.378 e. The molecule has 0 aliphatic heterocycles. The monoisotopic (exact) mass is 306 g/mol. The molecule has 0 aromatic rings. The molecule has 1 aliphatic rings. The predicted octanol–water partition coefficient (Wildman–Crippen LogP) is 1.72. The van der Waals surface area contributed by atoms with E-state index in [0.717, 1.165) is 32.1 Å². The second kappa shape index (κ2) is 8.32. The Hall–Kier alpha value is -0.170. The Morgan fingerprint density at radius 3 is 2.35 bits per heavy atom. The van der Waals surface area contributed by atoms with E-state index >= 15 is 0 Å². The summed E-state index contributed by atoms with van der Waals surface area (Å²) in [4.78, 5) is 0. The Balaban J connectivity index is 2.63. The van der Waals surface area contributed by atoms with Gasteiger partial charge in [0.1, 0.15) is 0 Å². The third kappa shape index (κ3) is 5.68. The van der Waals surface area contributed by atoms with Crippen LogP contribution in [-0.4, -0.2) is 49.8 Å². The number of ether oxygens (including phenoxy) is 1. The zero-order valence-corrected chi connectivity index (χ0v) is 13.9. The number of rotatable bonds is 8. The summed E-state index contributed by atoms with van der Waals surface area (Å²) in [6, 6.07) is 0.362. The molecule has 0 amide bonds. The maximum absolute atomic E-state index is 12.5. The van der Waals surface area contributed by atoms with Crippen LogP contribution in [0, 0.1) is 0 Å². The molecule has 0 unspecified atom stereocenters. The minimum absolute atomic E-state index is 0.0671. The van der Waals surface area contributed by atoms with Gasteiger partial charge in [0.2, 0.25) is 10.0 Å². The third-order valence-electron chi connectivity index (χ3n) is 3.74. The number of hydrogen-bond acceptors (Lipinski definition) is 4. The lowest BCUT2D eigenvalue weighted by atomic mass is 9.92. The lowest BCUT2D eigenvalue weighted by Gasteiger charge is -2.35. The van der Waals surface area contributed by atoms with Crippen molar-refractivity contribution in [2.24, 2.45) is 5.73 Å². The van der Waals surface area contributed by atoms with Gasteiger partial charge >= 0.3 is 0 Å². The fraction of sp³-hybridized carbons (Fsp3) is 1.00. The Morgan fingerprint density at radius 2 is 1.85 bits per heavy atom. The normalized spacial score (nSPS) is 24.5. The number of nitrogens with zero attached hydrogens (tertiary/aromatic N) is 1. The largest absolute Gasteiger partial charge is 0.378 e. The summed E-state index contributed by atoms with van der Waals surface area (Å²) < 4.78 is 32.1. The first-order valence-electron chi connectivity index (χ1n) is 7.73. The van der Waals surface area contributed by atoms with Gasteiger partial charge in [0.05, 0.1) is 18.5 Å². The van der Waals surface area contributed by atoms with Crippen LogP contribution in [0.5, 0.6) is 0 Å². The Labute approximate surface area is 123 Å². The molecule has 1 saturated carbocycles. The van der Waals surface area contributed by atoms with Gasteiger partial charge in [-0.1, -0.05) is 6.92 Å². The maximum atomic E-state index is 12.5. The Morgan fingerprint density at radius 1 is 1.25 bits per heavy atom. The molecule has 0 heterocycles. The zero-order chi connectivity index (χ0) is 15.2. The summed E-state index contributed by atoms with van der Waals surface area (Å²) in [5.74, 6) is 0.0771. The van der Waals surface area contributed by atoms with Crippen LogP contribution in [-0.2, 0) is 14.8 Å². The van der Waals surface area contributed by atoms with Crippen molar-refractivity contribution in [3.63, 3.8) is 0 Å². The fourth-order valence-corrected chi connectivity index (χ4v) is 4.33. The Bertz CT molecular complexity index is 363. The van der Waals surface area contributed by atoms with Crippen LogP contribution in [0.4, 0.5) is 0 Å². The van der Waals surface area contributed by atoms with E-state index in [1.807, 2.05) is 20.8 Å². The van der Waals surface area contributed by atoms with Crippen LogP contribution in [0.25, 0.3) is 0 Å². The van der Waals surface area contributed by atoms with E-state index in [9.17, 15) is 8.42 Å². The summed E-state index contributed by atoms with van der Waals surface area (Å²) >= 11 is 0. The molecule has 0 radical (unpaired) electrons. The van der Waals surface area contributed by atoms with Gasteiger partial charge in [0.25, 0.3) is 0 Å². The second-order valence-corrected chi connectivity index (χ2v) is 7.96. The Kier molecular flexibility index (Phi) is 7.43. The van der Waals surface area contributed by atoms with Crippen molar-refractivity contribution < 1.29 is 13.2 Å². The maximum Gasteiger partial charge on any atom is 0.216 e. The van der Waals surface area contributed by atoms with Crippen molar-refractivity contribution in [1.82, 2.24) is 4.31 Å². The van der Waals surface area contributed by atoms with E-state index in [0.29, 0.717) is 6.54 Å². The van der Waals surface area contributed by atoms with Crippen LogP contribution in [0.3, 0.4) is 0 Å². The molecular weight excluding hydrogens is 276 g/mol. The van der Waals surface area contributed by atoms with E-state index in [-0.39, 0.29) is 30.5 Å². The number of hydrogen-bond donors (Lipinski definition) is 1. The van der Waals surface area contributed by atoms with Crippen molar-refractivity contribution in [2.75, 3.05) is 18.9 Å². The highest BCUT2D eigenvalue weighted by Crippen LogP contribution is 2.24. The van der Waals surface area contributed by atoms with Crippen molar-refractivity contribution in [3.8, 4) is 0 Å². The summed E-state index contributed by atoms with van der Waals surface area (Å²) in [7, 11) is -3.23. The van der Waals surface area contributed by atoms with Gasteiger partial charge in [0, 0.05) is 18.6 Å². The molecule has 1 aliphatic carbocycles. The van der Waals surface area contributed by atoms with Crippen LogP contribution < -0.4 is 5.73 Å². The highest BCUT2D eigenvalue weighted by molar-refractivity contribution is 7.89. The first kappa shape index (κ1) is 17.9. The molecule has 0 spiro atoms. The standard InChI is InChI=1S/C14H30N2O3S/c1-4-9-16(14-7-5-13(15)6-8-14)20(17,18)11-10-19-12(2)3/h12-14H,4-11,15H2,1-3H3. The smallest absolute Gasteiger partial charge is 0.216 e.